The van der Waals surface area contributed by atoms with Crippen LogP contribution in [0.2, 0.25) is 0 Å². The summed E-state index contributed by atoms with van der Waals surface area (Å²) >= 11 is 0. The van der Waals surface area contributed by atoms with E-state index in [2.05, 4.69) is 15.3 Å². The Balaban J connectivity index is 1.56. The second-order valence-corrected chi connectivity index (χ2v) is 5.80. The Bertz CT molecular complexity index is 1040. The van der Waals surface area contributed by atoms with Crippen LogP contribution in [0.25, 0.3) is 17.0 Å². The molecule has 0 aliphatic rings. The highest BCUT2D eigenvalue weighted by atomic mass is 16.1. The molecule has 5 nitrogen and oxygen atoms in total. The number of imidazole rings is 1. The average Bonchev–Trinajstić information content (AvgIpc) is 3.06. The predicted octanol–water partition coefficient (Wildman–Crippen LogP) is 3.96. The molecule has 0 radical (unpaired) electrons. The average molecular weight is 328 g/mol. The molecule has 25 heavy (non-hydrogen) atoms. The standard InChI is InChI=1S/C20H16N4O/c1-14-11-12-24-13-18(23-20(24)21-14)15-7-9-17(10-8-15)22-19(25)16-5-3-2-4-6-16/h2-13H,1H3,(H,22,25). The number of aryl methyl sites for hydroxylation is 1. The van der Waals surface area contributed by atoms with E-state index >= 15 is 0 Å². The maximum Gasteiger partial charge on any atom is 0.255 e. The highest BCUT2D eigenvalue weighted by Gasteiger charge is 2.08. The van der Waals surface area contributed by atoms with Crippen LogP contribution in [0, 0.1) is 6.92 Å². The number of hydrogen-bond donors (Lipinski definition) is 1. The summed E-state index contributed by atoms with van der Waals surface area (Å²) in [6.45, 7) is 1.94. The molecule has 2 aromatic carbocycles. The van der Waals surface area contributed by atoms with E-state index in [4.69, 9.17) is 0 Å². The molecule has 4 rings (SSSR count). The van der Waals surface area contributed by atoms with Crippen molar-refractivity contribution >= 4 is 17.4 Å². The minimum Gasteiger partial charge on any atom is -0.322 e. The van der Waals surface area contributed by atoms with Gasteiger partial charge in [0.15, 0.2) is 0 Å². The molecule has 122 valence electrons. The Morgan fingerprint density at radius 1 is 0.960 bits per heavy atom. The molecule has 0 aliphatic heterocycles. The van der Waals surface area contributed by atoms with Gasteiger partial charge in [-0.25, -0.2) is 9.97 Å². The zero-order valence-corrected chi connectivity index (χ0v) is 13.7. The number of nitrogens with one attached hydrogen (secondary N) is 1. The lowest BCUT2D eigenvalue weighted by Gasteiger charge is -2.05. The van der Waals surface area contributed by atoms with Crippen molar-refractivity contribution < 1.29 is 4.79 Å². The van der Waals surface area contributed by atoms with Crippen molar-refractivity contribution in [1.29, 1.82) is 0 Å². The van der Waals surface area contributed by atoms with Crippen LogP contribution < -0.4 is 5.32 Å². The highest BCUT2D eigenvalue weighted by Crippen LogP contribution is 2.21. The number of amides is 1. The van der Waals surface area contributed by atoms with Crippen LogP contribution >= 0.6 is 0 Å². The largest absolute Gasteiger partial charge is 0.322 e. The second-order valence-electron chi connectivity index (χ2n) is 5.80. The zero-order chi connectivity index (χ0) is 17.2. The molecule has 0 atom stereocenters. The maximum atomic E-state index is 12.2. The first-order valence-electron chi connectivity index (χ1n) is 7.98. The lowest BCUT2D eigenvalue weighted by Crippen LogP contribution is -2.11. The van der Waals surface area contributed by atoms with E-state index in [0.29, 0.717) is 11.3 Å². The third-order valence-electron chi connectivity index (χ3n) is 3.94. The molecule has 2 heterocycles. The van der Waals surface area contributed by atoms with Gasteiger partial charge in [-0.15, -0.1) is 0 Å². The van der Waals surface area contributed by atoms with E-state index in [1.54, 1.807) is 12.1 Å². The molecule has 0 fully saturated rings. The lowest BCUT2D eigenvalue weighted by molar-refractivity contribution is 0.102. The van der Waals surface area contributed by atoms with Gasteiger partial charge in [-0.05, 0) is 37.3 Å². The molecule has 4 aromatic rings. The van der Waals surface area contributed by atoms with E-state index in [1.807, 2.05) is 72.2 Å². The molecule has 0 saturated carbocycles. The summed E-state index contributed by atoms with van der Waals surface area (Å²) in [6, 6.07) is 18.7. The van der Waals surface area contributed by atoms with Gasteiger partial charge in [-0.2, -0.15) is 0 Å². The SMILES string of the molecule is Cc1ccn2cc(-c3ccc(NC(=O)c4ccccc4)cc3)nc2n1. The van der Waals surface area contributed by atoms with Gasteiger partial charge in [0.1, 0.15) is 0 Å². The number of nitrogens with zero attached hydrogens (tertiary/aromatic N) is 3. The van der Waals surface area contributed by atoms with Gasteiger partial charge >= 0.3 is 0 Å². The Morgan fingerprint density at radius 2 is 1.72 bits per heavy atom. The Kier molecular flexibility index (Phi) is 3.74. The summed E-state index contributed by atoms with van der Waals surface area (Å²) in [6.07, 6.45) is 3.89. The van der Waals surface area contributed by atoms with Crippen LogP contribution in [0.3, 0.4) is 0 Å². The second kappa shape index (κ2) is 6.20. The van der Waals surface area contributed by atoms with E-state index in [0.717, 1.165) is 22.6 Å². The number of hydrogen-bond acceptors (Lipinski definition) is 3. The van der Waals surface area contributed by atoms with Gasteiger partial charge in [-0.3, -0.25) is 9.20 Å². The molecule has 2 aromatic heterocycles. The summed E-state index contributed by atoms with van der Waals surface area (Å²) < 4.78 is 1.90. The van der Waals surface area contributed by atoms with E-state index in [9.17, 15) is 4.79 Å². The topological polar surface area (TPSA) is 59.3 Å². The number of rotatable bonds is 3. The molecule has 5 heteroatoms. The minimum atomic E-state index is -0.124. The predicted molar refractivity (Wildman–Crippen MR) is 97.6 cm³/mol. The molecule has 0 aliphatic carbocycles. The van der Waals surface area contributed by atoms with Gasteiger partial charge in [0.05, 0.1) is 5.69 Å². The summed E-state index contributed by atoms with van der Waals surface area (Å²) in [5.74, 6) is 0.553. The maximum absolute atomic E-state index is 12.2. The van der Waals surface area contributed by atoms with E-state index in [1.165, 1.54) is 0 Å². The van der Waals surface area contributed by atoms with Crippen LogP contribution in [-0.4, -0.2) is 20.3 Å². The first-order chi connectivity index (χ1) is 12.2. The van der Waals surface area contributed by atoms with Crippen LogP contribution in [0.15, 0.2) is 73.1 Å². The molecule has 1 N–H and O–H groups in total. The summed E-state index contributed by atoms with van der Waals surface area (Å²) in [5, 5.41) is 2.89. The molecule has 0 spiro atoms. The first-order valence-corrected chi connectivity index (χ1v) is 7.98. The van der Waals surface area contributed by atoms with Gasteiger partial charge in [0, 0.05) is 34.9 Å². The third-order valence-corrected chi connectivity index (χ3v) is 3.94. The molecular weight excluding hydrogens is 312 g/mol. The normalized spacial score (nSPS) is 10.8. The Morgan fingerprint density at radius 3 is 2.48 bits per heavy atom. The summed E-state index contributed by atoms with van der Waals surface area (Å²) in [4.78, 5) is 21.1. The van der Waals surface area contributed by atoms with Crippen molar-refractivity contribution in [3.8, 4) is 11.3 Å². The van der Waals surface area contributed by atoms with E-state index in [-0.39, 0.29) is 5.91 Å². The number of carbonyl (C=O) groups excluding carboxylic acids is 1. The molecule has 0 saturated heterocycles. The number of benzene rings is 2. The van der Waals surface area contributed by atoms with Gasteiger partial charge < -0.3 is 5.32 Å². The minimum absolute atomic E-state index is 0.124. The first kappa shape index (κ1) is 15.1. The molecule has 0 unspecified atom stereocenters. The van der Waals surface area contributed by atoms with Gasteiger partial charge in [0.2, 0.25) is 5.78 Å². The number of carbonyl (C=O) groups is 1. The molecular formula is C20H16N4O. The number of fused-ring (bicyclic) bond motifs is 1. The lowest BCUT2D eigenvalue weighted by atomic mass is 10.1. The fourth-order valence-electron chi connectivity index (χ4n) is 2.62. The zero-order valence-electron chi connectivity index (χ0n) is 13.7. The van der Waals surface area contributed by atoms with E-state index < -0.39 is 0 Å². The van der Waals surface area contributed by atoms with Crippen molar-refractivity contribution in [2.75, 3.05) is 5.32 Å². The Hall–Kier alpha value is -3.47. The fraction of sp³-hybridized carbons (Fsp3) is 0.0500. The van der Waals surface area contributed by atoms with Gasteiger partial charge in [-0.1, -0.05) is 30.3 Å². The number of anilines is 1. The van der Waals surface area contributed by atoms with Crippen molar-refractivity contribution in [3.05, 3.63) is 84.3 Å². The third kappa shape index (κ3) is 3.12. The Labute approximate surface area is 145 Å². The van der Waals surface area contributed by atoms with Crippen LogP contribution in [0.4, 0.5) is 5.69 Å². The smallest absolute Gasteiger partial charge is 0.255 e. The van der Waals surface area contributed by atoms with Crippen molar-refractivity contribution in [2.24, 2.45) is 0 Å². The van der Waals surface area contributed by atoms with Crippen molar-refractivity contribution in [1.82, 2.24) is 14.4 Å². The molecule has 0 bridgehead atoms. The van der Waals surface area contributed by atoms with Crippen LogP contribution in [0.5, 0.6) is 0 Å². The monoisotopic (exact) mass is 328 g/mol. The summed E-state index contributed by atoms with van der Waals surface area (Å²) in [7, 11) is 0. The van der Waals surface area contributed by atoms with Crippen molar-refractivity contribution in [3.63, 3.8) is 0 Å². The molecule has 1 amide bonds. The van der Waals surface area contributed by atoms with Crippen molar-refractivity contribution in [2.45, 2.75) is 6.92 Å². The fourth-order valence-corrected chi connectivity index (χ4v) is 2.62. The van der Waals surface area contributed by atoms with Gasteiger partial charge in [0.25, 0.3) is 5.91 Å². The van der Waals surface area contributed by atoms with Crippen LogP contribution in [-0.2, 0) is 0 Å². The summed E-state index contributed by atoms with van der Waals surface area (Å²) in [5.41, 5.74) is 4.13. The number of aromatic nitrogens is 3. The quantitative estimate of drug-likeness (QED) is 0.619. The highest BCUT2D eigenvalue weighted by molar-refractivity contribution is 6.04. The van der Waals surface area contributed by atoms with Crippen LogP contribution in [0.1, 0.15) is 16.1 Å².